The van der Waals surface area contributed by atoms with Crippen LogP contribution in [0, 0.1) is 6.92 Å². The second-order valence-corrected chi connectivity index (χ2v) is 3.69. The van der Waals surface area contributed by atoms with Crippen LogP contribution in [0.15, 0.2) is 36.8 Å². The van der Waals surface area contributed by atoms with Gasteiger partial charge in [-0.05, 0) is 18.1 Å². The van der Waals surface area contributed by atoms with Crippen molar-refractivity contribution in [1.82, 2.24) is 9.55 Å². The van der Waals surface area contributed by atoms with Crippen LogP contribution in [0.4, 0.5) is 0 Å². The average Bonchev–Trinajstić information content (AvgIpc) is 2.64. The summed E-state index contributed by atoms with van der Waals surface area (Å²) in [7, 11) is 1.88. The monoisotopic (exact) mass is 202 g/mol. The van der Waals surface area contributed by atoms with Crippen LogP contribution in [-0.4, -0.2) is 14.7 Å². The van der Waals surface area contributed by atoms with Crippen LogP contribution in [0.2, 0.25) is 0 Å². The molecule has 1 unspecified atom stereocenters. The molecule has 0 saturated heterocycles. The normalized spacial score (nSPS) is 12.7. The maximum absolute atomic E-state index is 10.2. The molecule has 0 aliphatic heterocycles. The van der Waals surface area contributed by atoms with E-state index in [0.717, 1.165) is 16.8 Å². The Morgan fingerprint density at radius 3 is 2.67 bits per heavy atom. The van der Waals surface area contributed by atoms with Gasteiger partial charge in [0.15, 0.2) is 0 Å². The van der Waals surface area contributed by atoms with E-state index in [9.17, 15) is 5.11 Å². The topological polar surface area (TPSA) is 38.1 Å². The third-order valence-corrected chi connectivity index (χ3v) is 2.62. The number of nitrogens with zero attached hydrogens (tertiary/aromatic N) is 2. The van der Waals surface area contributed by atoms with Gasteiger partial charge in [-0.3, -0.25) is 0 Å². The molecule has 1 atom stereocenters. The molecule has 0 aliphatic carbocycles. The molecule has 2 aromatic rings. The largest absolute Gasteiger partial charge is 0.382 e. The number of hydrogen-bond acceptors (Lipinski definition) is 2. The summed E-state index contributed by atoms with van der Waals surface area (Å²) in [6.45, 7) is 1.99. The maximum Gasteiger partial charge on any atom is 0.121 e. The second-order valence-electron chi connectivity index (χ2n) is 3.69. The molecule has 3 heteroatoms. The molecule has 3 nitrogen and oxygen atoms in total. The smallest absolute Gasteiger partial charge is 0.121 e. The Hall–Kier alpha value is -1.61. The Morgan fingerprint density at radius 1 is 1.33 bits per heavy atom. The summed E-state index contributed by atoms with van der Waals surface area (Å²) in [5.41, 5.74) is 2.83. The molecule has 0 fully saturated rings. The zero-order valence-corrected chi connectivity index (χ0v) is 8.88. The van der Waals surface area contributed by atoms with Gasteiger partial charge >= 0.3 is 0 Å². The van der Waals surface area contributed by atoms with E-state index in [4.69, 9.17) is 0 Å². The second kappa shape index (κ2) is 3.87. The summed E-state index contributed by atoms with van der Waals surface area (Å²) in [5.74, 6) is 0. The van der Waals surface area contributed by atoms with Gasteiger partial charge in [-0.1, -0.05) is 24.3 Å². The van der Waals surface area contributed by atoms with Gasteiger partial charge in [0, 0.05) is 7.05 Å². The summed E-state index contributed by atoms with van der Waals surface area (Å²) in [5, 5.41) is 10.2. The Labute approximate surface area is 89.0 Å². The minimum absolute atomic E-state index is 0.598. The van der Waals surface area contributed by atoms with Gasteiger partial charge in [0.25, 0.3) is 0 Å². The van der Waals surface area contributed by atoms with Crippen molar-refractivity contribution in [3.63, 3.8) is 0 Å². The molecule has 0 bridgehead atoms. The van der Waals surface area contributed by atoms with Gasteiger partial charge in [0.2, 0.25) is 0 Å². The first-order chi connectivity index (χ1) is 7.20. The fraction of sp³-hybridized carbons (Fsp3) is 0.250. The molecule has 1 aromatic carbocycles. The van der Waals surface area contributed by atoms with Crippen molar-refractivity contribution in [3.05, 3.63) is 53.6 Å². The van der Waals surface area contributed by atoms with Crippen LogP contribution < -0.4 is 0 Å². The third kappa shape index (κ3) is 1.78. The quantitative estimate of drug-likeness (QED) is 0.806. The molecule has 0 spiro atoms. The minimum Gasteiger partial charge on any atom is -0.382 e. The first kappa shape index (κ1) is 9.93. The Kier molecular flexibility index (Phi) is 2.56. The standard InChI is InChI=1S/C12H14N2O/c1-9-5-3-4-6-10(9)12(15)11-7-13-8-14(11)2/h3-8,12,15H,1-2H3. The molecule has 0 radical (unpaired) electrons. The lowest BCUT2D eigenvalue weighted by Crippen LogP contribution is -2.06. The number of aliphatic hydroxyl groups is 1. The molecule has 1 aromatic heterocycles. The molecule has 1 heterocycles. The van der Waals surface area contributed by atoms with Gasteiger partial charge in [-0.2, -0.15) is 0 Å². The van der Waals surface area contributed by atoms with Crippen LogP contribution in [0.5, 0.6) is 0 Å². The number of aromatic nitrogens is 2. The van der Waals surface area contributed by atoms with Gasteiger partial charge < -0.3 is 9.67 Å². The molecule has 78 valence electrons. The van der Waals surface area contributed by atoms with Gasteiger partial charge in [0.05, 0.1) is 18.2 Å². The fourth-order valence-electron chi connectivity index (χ4n) is 1.68. The minimum atomic E-state index is -0.598. The van der Waals surface area contributed by atoms with E-state index in [2.05, 4.69) is 4.98 Å². The van der Waals surface area contributed by atoms with E-state index in [-0.39, 0.29) is 0 Å². The first-order valence-corrected chi connectivity index (χ1v) is 4.90. The van der Waals surface area contributed by atoms with Gasteiger partial charge in [0.1, 0.15) is 6.10 Å². The van der Waals surface area contributed by atoms with Crippen LogP contribution >= 0.6 is 0 Å². The fourth-order valence-corrected chi connectivity index (χ4v) is 1.68. The third-order valence-electron chi connectivity index (χ3n) is 2.62. The lowest BCUT2D eigenvalue weighted by atomic mass is 10.0. The molecule has 2 rings (SSSR count). The van der Waals surface area contributed by atoms with Crippen molar-refractivity contribution in [1.29, 1.82) is 0 Å². The lowest BCUT2D eigenvalue weighted by molar-refractivity contribution is 0.211. The molecular weight excluding hydrogens is 188 g/mol. The van der Waals surface area contributed by atoms with Crippen LogP contribution in [-0.2, 0) is 7.05 Å². The van der Waals surface area contributed by atoms with E-state index in [1.165, 1.54) is 0 Å². The highest BCUT2D eigenvalue weighted by Crippen LogP contribution is 2.23. The van der Waals surface area contributed by atoms with E-state index < -0.39 is 6.10 Å². The highest BCUT2D eigenvalue weighted by molar-refractivity contribution is 5.32. The number of aryl methyl sites for hydroxylation is 2. The highest BCUT2D eigenvalue weighted by Gasteiger charge is 2.14. The van der Waals surface area contributed by atoms with Crippen LogP contribution in [0.25, 0.3) is 0 Å². The first-order valence-electron chi connectivity index (χ1n) is 4.90. The summed E-state index contributed by atoms with van der Waals surface area (Å²) < 4.78 is 1.83. The number of benzene rings is 1. The van der Waals surface area contributed by atoms with Gasteiger partial charge in [-0.25, -0.2) is 4.98 Å². The van der Waals surface area contributed by atoms with Crippen molar-refractivity contribution >= 4 is 0 Å². The van der Waals surface area contributed by atoms with E-state index in [1.807, 2.05) is 42.8 Å². The number of hydrogen-bond donors (Lipinski definition) is 1. The average molecular weight is 202 g/mol. The van der Waals surface area contributed by atoms with Crippen LogP contribution in [0.1, 0.15) is 22.9 Å². The molecule has 1 N–H and O–H groups in total. The van der Waals surface area contributed by atoms with Gasteiger partial charge in [-0.15, -0.1) is 0 Å². The van der Waals surface area contributed by atoms with Crippen molar-refractivity contribution < 1.29 is 5.11 Å². The molecule has 0 amide bonds. The van der Waals surface area contributed by atoms with E-state index >= 15 is 0 Å². The number of rotatable bonds is 2. The SMILES string of the molecule is Cc1ccccc1C(O)c1cncn1C. The number of aliphatic hydroxyl groups excluding tert-OH is 1. The number of imidazole rings is 1. The maximum atomic E-state index is 10.2. The van der Waals surface area contributed by atoms with Crippen molar-refractivity contribution in [2.45, 2.75) is 13.0 Å². The lowest BCUT2D eigenvalue weighted by Gasteiger charge is -2.13. The van der Waals surface area contributed by atoms with Crippen molar-refractivity contribution in [2.75, 3.05) is 0 Å². The Morgan fingerprint density at radius 2 is 2.07 bits per heavy atom. The summed E-state index contributed by atoms with van der Waals surface area (Å²) in [4.78, 5) is 4.00. The van der Waals surface area contributed by atoms with E-state index in [1.54, 1.807) is 12.5 Å². The summed E-state index contributed by atoms with van der Waals surface area (Å²) in [6.07, 6.45) is 2.78. The Bertz CT molecular complexity index is 462. The summed E-state index contributed by atoms with van der Waals surface area (Å²) >= 11 is 0. The van der Waals surface area contributed by atoms with Crippen LogP contribution in [0.3, 0.4) is 0 Å². The summed E-state index contributed by atoms with van der Waals surface area (Å²) in [6, 6.07) is 7.83. The Balaban J connectivity index is 2.41. The zero-order chi connectivity index (χ0) is 10.8. The predicted octanol–water partition coefficient (Wildman–Crippen LogP) is 1.81. The van der Waals surface area contributed by atoms with Crippen molar-refractivity contribution in [3.8, 4) is 0 Å². The predicted molar refractivity (Wildman–Crippen MR) is 58.4 cm³/mol. The molecular formula is C12H14N2O. The zero-order valence-electron chi connectivity index (χ0n) is 8.88. The van der Waals surface area contributed by atoms with E-state index in [0.29, 0.717) is 0 Å². The molecule has 0 saturated carbocycles. The van der Waals surface area contributed by atoms with Crippen molar-refractivity contribution in [2.24, 2.45) is 7.05 Å². The molecule has 15 heavy (non-hydrogen) atoms. The highest BCUT2D eigenvalue weighted by atomic mass is 16.3. The molecule has 0 aliphatic rings.